The first kappa shape index (κ1) is 45.1. The van der Waals surface area contributed by atoms with Gasteiger partial charge in [-0.25, -0.2) is 14.4 Å². The highest BCUT2D eigenvalue weighted by Crippen LogP contribution is 2.33. The average molecular weight is 860 g/mol. The molecule has 4 aliphatic rings. The predicted octanol–water partition coefficient (Wildman–Crippen LogP) is 4.88. The maximum atomic E-state index is 14.3. The van der Waals surface area contributed by atoms with Crippen molar-refractivity contribution in [2.24, 2.45) is 11.8 Å². The van der Waals surface area contributed by atoms with Crippen LogP contribution in [0.5, 0.6) is 0 Å². The average Bonchev–Trinajstić information content (AvgIpc) is 3.58. The number of fused-ring (bicyclic) bond motifs is 2. The number of aromatic amines is 1. The Bertz CT molecular complexity index is 2050. The summed E-state index contributed by atoms with van der Waals surface area (Å²) in [6.45, 7) is 9.88. The van der Waals surface area contributed by atoms with E-state index in [0.717, 1.165) is 87.1 Å². The third-order valence-electron chi connectivity index (χ3n) is 13.4. The first-order valence-corrected chi connectivity index (χ1v) is 22.6. The van der Waals surface area contributed by atoms with Gasteiger partial charge in [0.2, 0.25) is 0 Å². The molecule has 2 aromatic carbocycles. The number of aromatic nitrogens is 1. The van der Waals surface area contributed by atoms with E-state index in [9.17, 15) is 24.0 Å². The highest BCUT2D eigenvalue weighted by molar-refractivity contribution is 5.91. The van der Waals surface area contributed by atoms with Gasteiger partial charge in [0.05, 0.1) is 25.2 Å². The summed E-state index contributed by atoms with van der Waals surface area (Å²) in [5.41, 5.74) is 4.46. The van der Waals surface area contributed by atoms with E-state index in [0.29, 0.717) is 94.7 Å². The van der Waals surface area contributed by atoms with Gasteiger partial charge in [-0.1, -0.05) is 24.3 Å². The van der Waals surface area contributed by atoms with Crippen LogP contribution < -0.4 is 11.1 Å². The van der Waals surface area contributed by atoms with Gasteiger partial charge >= 0.3 is 23.8 Å². The number of aryl methyl sites for hydroxylation is 1. The fourth-order valence-electron chi connectivity index (χ4n) is 9.74. The van der Waals surface area contributed by atoms with Crippen LogP contribution in [0.1, 0.15) is 68.1 Å². The summed E-state index contributed by atoms with van der Waals surface area (Å²) < 4.78 is 22.1. The second-order valence-electron chi connectivity index (χ2n) is 17.6. The molecular weight excluding hydrogens is 795 g/mol. The first-order valence-electron chi connectivity index (χ1n) is 22.6. The molecule has 0 aliphatic carbocycles. The monoisotopic (exact) mass is 859 g/mol. The molecule has 5 heterocycles. The zero-order valence-electron chi connectivity index (χ0n) is 36.7. The van der Waals surface area contributed by atoms with E-state index in [-0.39, 0.29) is 30.4 Å². The molecular formula is C46H65N7O9. The Balaban J connectivity index is 0.892. The van der Waals surface area contributed by atoms with Gasteiger partial charge in [-0.05, 0) is 119 Å². The van der Waals surface area contributed by atoms with Gasteiger partial charge in [0, 0.05) is 77.6 Å². The van der Waals surface area contributed by atoms with Gasteiger partial charge in [0.15, 0.2) is 11.7 Å². The smallest absolute Gasteiger partial charge is 0.417 e. The van der Waals surface area contributed by atoms with Crippen molar-refractivity contribution in [1.29, 1.82) is 0 Å². The number of carbonyl (C=O) groups excluding carboxylic acids is 4. The molecule has 4 aliphatic heterocycles. The molecule has 1 atom stereocenters. The standard InChI is InChI=1S/C46H65N7O9/c1-32-29-33(30-39-42(32)48-45(57)61-39)31-40(62-46(58)52-23-14-37(15-24-52)53-25-13-36-7-4-5-8-38(36)47-44(53)56)43(55)51-21-11-35(12-22-51)34-9-18-50(19-10-34)20-16-41(54)60-27-6-17-49(2)26-28-59-3/h4-5,7-8,29-30,34-35,37,40H,6,9-28,31H2,1-3H3,(H,47,56)(H,48,57)/t40-/m1/s1. The fraction of sp³-hybridized carbons (Fsp3) is 0.630. The molecule has 4 amide bonds. The minimum Gasteiger partial charge on any atom is -0.466 e. The largest absolute Gasteiger partial charge is 0.466 e. The van der Waals surface area contributed by atoms with Crippen molar-refractivity contribution in [3.63, 3.8) is 0 Å². The molecule has 0 radical (unpaired) electrons. The van der Waals surface area contributed by atoms with Crippen LogP contribution >= 0.6 is 0 Å². The van der Waals surface area contributed by atoms with Gasteiger partial charge in [0.25, 0.3) is 5.91 Å². The zero-order chi connectivity index (χ0) is 43.6. The van der Waals surface area contributed by atoms with Crippen LogP contribution in [0.4, 0.5) is 15.3 Å². The Labute approximate surface area is 364 Å². The summed E-state index contributed by atoms with van der Waals surface area (Å²) in [6.07, 6.45) is 5.58. The van der Waals surface area contributed by atoms with Crippen LogP contribution in [0.15, 0.2) is 45.6 Å². The number of hydrogen-bond acceptors (Lipinski definition) is 11. The molecule has 338 valence electrons. The number of para-hydroxylation sites is 1. The van der Waals surface area contributed by atoms with E-state index in [2.05, 4.69) is 20.1 Å². The third-order valence-corrected chi connectivity index (χ3v) is 13.4. The van der Waals surface area contributed by atoms with E-state index in [4.69, 9.17) is 18.6 Å². The number of rotatable bonds is 16. The molecule has 3 fully saturated rings. The van der Waals surface area contributed by atoms with Crippen LogP contribution in [0, 0.1) is 18.8 Å². The summed E-state index contributed by atoms with van der Waals surface area (Å²) in [7, 11) is 3.73. The highest BCUT2D eigenvalue weighted by Gasteiger charge is 2.37. The molecule has 0 unspecified atom stereocenters. The molecule has 1 aromatic heterocycles. The molecule has 16 nitrogen and oxygen atoms in total. The molecule has 0 bridgehead atoms. The van der Waals surface area contributed by atoms with Gasteiger partial charge in [-0.3, -0.25) is 14.6 Å². The lowest BCUT2D eigenvalue weighted by Gasteiger charge is -2.41. The van der Waals surface area contributed by atoms with Crippen LogP contribution in [0.2, 0.25) is 0 Å². The second kappa shape index (κ2) is 21.4. The zero-order valence-corrected chi connectivity index (χ0v) is 36.7. The third kappa shape index (κ3) is 11.7. The van der Waals surface area contributed by atoms with Crippen LogP contribution in [-0.4, -0.2) is 158 Å². The number of H-pyrrole nitrogens is 1. The van der Waals surface area contributed by atoms with Crippen molar-refractivity contribution in [3.8, 4) is 0 Å². The highest BCUT2D eigenvalue weighted by atomic mass is 16.6. The quantitative estimate of drug-likeness (QED) is 0.149. The number of oxazole rings is 1. The number of nitrogens with one attached hydrogen (secondary N) is 2. The van der Waals surface area contributed by atoms with E-state index >= 15 is 0 Å². The Morgan fingerprint density at radius 3 is 2.34 bits per heavy atom. The van der Waals surface area contributed by atoms with Crippen molar-refractivity contribution in [1.82, 2.24) is 29.5 Å². The first-order chi connectivity index (χ1) is 30.0. The summed E-state index contributed by atoms with van der Waals surface area (Å²) in [4.78, 5) is 78.4. The van der Waals surface area contributed by atoms with Crippen molar-refractivity contribution < 1.29 is 37.8 Å². The number of methoxy groups -OCH3 is 1. The van der Waals surface area contributed by atoms with Crippen molar-refractivity contribution in [2.45, 2.75) is 83.3 Å². The topological polar surface area (TPSA) is 170 Å². The number of hydrogen-bond donors (Lipinski definition) is 2. The Kier molecular flexibility index (Phi) is 15.6. The lowest BCUT2D eigenvalue weighted by atomic mass is 9.78. The number of amides is 4. The molecule has 2 N–H and O–H groups in total. The van der Waals surface area contributed by atoms with Crippen LogP contribution in [-0.2, 0) is 36.6 Å². The van der Waals surface area contributed by atoms with E-state index in [1.807, 2.05) is 54.1 Å². The van der Waals surface area contributed by atoms with Gasteiger partial charge in [-0.15, -0.1) is 0 Å². The number of anilines is 1. The van der Waals surface area contributed by atoms with Crippen molar-refractivity contribution >= 4 is 40.8 Å². The molecule has 7 rings (SSSR count). The SMILES string of the molecule is COCCN(C)CCCOC(=O)CCN1CCC(C2CCN(C(=O)[C@@H](Cc3cc(C)c4[nH]c(=O)oc4c3)OC(=O)N3CCC(N4CCc5ccccc5NC4=O)CC3)CC2)CC1. The number of esters is 1. The maximum Gasteiger partial charge on any atom is 0.417 e. The Hall–Kier alpha value is -4.93. The molecule has 0 spiro atoms. The number of carbonyl (C=O) groups is 4. The number of likely N-dealkylation sites (tertiary alicyclic amines) is 3. The molecule has 0 saturated carbocycles. The van der Waals surface area contributed by atoms with Crippen molar-refractivity contribution in [3.05, 3.63) is 63.6 Å². The van der Waals surface area contributed by atoms with Crippen LogP contribution in [0.3, 0.4) is 0 Å². The number of ether oxygens (including phenoxy) is 3. The lowest BCUT2D eigenvalue weighted by molar-refractivity contribution is -0.144. The normalized spacial score (nSPS) is 19.0. The van der Waals surface area contributed by atoms with Gasteiger partial charge in [0.1, 0.15) is 0 Å². The molecule has 3 aromatic rings. The summed E-state index contributed by atoms with van der Waals surface area (Å²) in [5.74, 6) is 0.138. The summed E-state index contributed by atoms with van der Waals surface area (Å²) in [5, 5.41) is 3.05. The van der Waals surface area contributed by atoms with E-state index in [1.54, 1.807) is 18.1 Å². The minimum absolute atomic E-state index is 0.0201. The maximum absolute atomic E-state index is 14.3. The number of nitrogens with zero attached hydrogens (tertiary/aromatic N) is 5. The van der Waals surface area contributed by atoms with Crippen LogP contribution in [0.25, 0.3) is 11.1 Å². The van der Waals surface area contributed by atoms with Crippen molar-refractivity contribution in [2.75, 3.05) is 98.1 Å². The second-order valence-corrected chi connectivity index (χ2v) is 17.6. The van der Waals surface area contributed by atoms with Gasteiger partial charge in [-0.2, -0.15) is 0 Å². The Morgan fingerprint density at radius 2 is 1.60 bits per heavy atom. The minimum atomic E-state index is -1.06. The fourth-order valence-corrected chi connectivity index (χ4v) is 9.74. The predicted molar refractivity (Wildman–Crippen MR) is 234 cm³/mol. The van der Waals surface area contributed by atoms with E-state index < -0.39 is 18.0 Å². The molecule has 3 saturated heterocycles. The number of likely N-dealkylation sites (N-methyl/N-ethyl adjacent to an activating group) is 1. The lowest BCUT2D eigenvalue weighted by Crippen LogP contribution is -2.52. The summed E-state index contributed by atoms with van der Waals surface area (Å²) in [6, 6.07) is 11.3. The number of piperidine rings is 3. The number of urea groups is 1. The summed E-state index contributed by atoms with van der Waals surface area (Å²) >= 11 is 0. The molecule has 16 heteroatoms. The molecule has 62 heavy (non-hydrogen) atoms. The number of benzene rings is 2. The van der Waals surface area contributed by atoms with E-state index in [1.165, 1.54) is 0 Å². The van der Waals surface area contributed by atoms with Gasteiger partial charge < -0.3 is 48.4 Å². The Morgan fingerprint density at radius 1 is 0.887 bits per heavy atom.